The lowest BCUT2D eigenvalue weighted by Crippen LogP contribution is -2.46. The van der Waals surface area contributed by atoms with Gasteiger partial charge in [0, 0.05) is 7.05 Å². The van der Waals surface area contributed by atoms with Crippen LogP contribution in [0.15, 0.2) is 12.4 Å². The lowest BCUT2D eigenvalue weighted by Gasteiger charge is -2.19. The van der Waals surface area contributed by atoms with Crippen LogP contribution >= 0.6 is 0 Å². The Morgan fingerprint density at radius 3 is 2.50 bits per heavy atom. The molecule has 1 unspecified atom stereocenters. The fourth-order valence-corrected chi connectivity index (χ4v) is 0.841. The van der Waals surface area contributed by atoms with Gasteiger partial charge in [-0.3, -0.25) is 0 Å². The average Bonchev–Trinajstić information content (AvgIpc) is 1.82. The molecule has 2 N–H and O–H groups in total. The van der Waals surface area contributed by atoms with Gasteiger partial charge in [0.25, 0.3) is 0 Å². The molecule has 8 heavy (non-hydrogen) atoms. The number of quaternary nitrogens is 1. The normalized spacial score (nSPS) is 36.6. The minimum absolute atomic E-state index is 0.483. The van der Waals surface area contributed by atoms with Gasteiger partial charge in [-0.15, -0.1) is 0 Å². The van der Waals surface area contributed by atoms with Crippen molar-refractivity contribution in [1.29, 1.82) is 0 Å². The Morgan fingerprint density at radius 1 is 1.75 bits per heavy atom. The SMILES string of the molecule is CN1C=C[N+](C)(N)C1. The molecular weight excluding hydrogens is 102 g/mol. The summed E-state index contributed by atoms with van der Waals surface area (Å²) in [7, 11) is 3.97. The van der Waals surface area contributed by atoms with Crippen molar-refractivity contribution in [3.05, 3.63) is 12.4 Å². The molecule has 0 spiro atoms. The molecule has 1 heterocycles. The molecule has 0 aromatic heterocycles. The van der Waals surface area contributed by atoms with Crippen molar-refractivity contribution in [2.75, 3.05) is 20.8 Å². The molecule has 1 atom stereocenters. The number of hydrogen-bond acceptors (Lipinski definition) is 2. The van der Waals surface area contributed by atoms with E-state index in [0.29, 0.717) is 4.59 Å². The van der Waals surface area contributed by atoms with Crippen LogP contribution in [0.1, 0.15) is 0 Å². The van der Waals surface area contributed by atoms with Crippen LogP contribution in [0, 0.1) is 0 Å². The zero-order chi connectivity index (χ0) is 6.20. The monoisotopic (exact) mass is 114 g/mol. The van der Waals surface area contributed by atoms with Crippen molar-refractivity contribution in [2.45, 2.75) is 0 Å². The van der Waals surface area contributed by atoms with Crippen LogP contribution in [0.4, 0.5) is 0 Å². The summed E-state index contributed by atoms with van der Waals surface area (Å²) in [5.74, 6) is 5.68. The van der Waals surface area contributed by atoms with E-state index in [9.17, 15) is 0 Å². The molecular formula is C5H12N3+. The Morgan fingerprint density at radius 2 is 2.38 bits per heavy atom. The molecule has 0 fully saturated rings. The van der Waals surface area contributed by atoms with Gasteiger partial charge in [0.2, 0.25) is 0 Å². The first-order valence-electron chi connectivity index (χ1n) is 2.63. The van der Waals surface area contributed by atoms with Crippen molar-refractivity contribution in [3.63, 3.8) is 0 Å². The van der Waals surface area contributed by atoms with Crippen molar-refractivity contribution < 1.29 is 4.59 Å². The van der Waals surface area contributed by atoms with E-state index in [1.54, 1.807) is 0 Å². The molecule has 46 valence electrons. The smallest absolute Gasteiger partial charge is 0.175 e. The third-order valence-electron chi connectivity index (χ3n) is 1.19. The second kappa shape index (κ2) is 1.47. The predicted octanol–water partition coefficient (Wildman–Crippen LogP) is -0.319. The fourth-order valence-electron chi connectivity index (χ4n) is 0.841. The number of nitrogens with two attached hydrogens (primary N) is 1. The van der Waals surface area contributed by atoms with E-state index in [0.717, 1.165) is 6.67 Å². The summed E-state index contributed by atoms with van der Waals surface area (Å²) in [6, 6.07) is 0. The number of hydrogen-bond donors (Lipinski definition) is 1. The maximum absolute atomic E-state index is 5.68. The van der Waals surface area contributed by atoms with E-state index < -0.39 is 0 Å². The molecule has 0 aromatic rings. The van der Waals surface area contributed by atoms with Crippen molar-refractivity contribution in [2.24, 2.45) is 5.84 Å². The lowest BCUT2D eigenvalue weighted by molar-refractivity contribution is -0.873. The number of rotatable bonds is 0. The Hall–Kier alpha value is -0.540. The maximum Gasteiger partial charge on any atom is 0.175 e. The van der Waals surface area contributed by atoms with Crippen molar-refractivity contribution in [3.8, 4) is 0 Å². The highest BCUT2D eigenvalue weighted by atomic mass is 15.6. The second-order valence-corrected chi connectivity index (χ2v) is 2.54. The molecule has 0 saturated carbocycles. The molecule has 1 rings (SSSR count). The minimum Gasteiger partial charge on any atom is -0.328 e. The van der Waals surface area contributed by atoms with Crippen LogP contribution in [0.3, 0.4) is 0 Å². The van der Waals surface area contributed by atoms with Crippen LogP contribution in [0.2, 0.25) is 0 Å². The molecule has 0 aromatic carbocycles. The molecule has 3 heteroatoms. The molecule has 0 radical (unpaired) electrons. The van der Waals surface area contributed by atoms with Crippen LogP contribution < -0.4 is 5.84 Å². The predicted molar refractivity (Wildman–Crippen MR) is 32.1 cm³/mol. The Kier molecular flexibility index (Phi) is 1.03. The van der Waals surface area contributed by atoms with Gasteiger partial charge in [-0.1, -0.05) is 0 Å². The summed E-state index contributed by atoms with van der Waals surface area (Å²) in [5, 5.41) is 0. The molecule has 1 aliphatic rings. The first kappa shape index (κ1) is 5.59. The Balaban J connectivity index is 2.58. The molecule has 0 saturated heterocycles. The summed E-state index contributed by atoms with van der Waals surface area (Å²) in [6.45, 7) is 0.875. The van der Waals surface area contributed by atoms with E-state index in [-0.39, 0.29) is 0 Å². The maximum atomic E-state index is 5.68. The summed E-state index contributed by atoms with van der Waals surface area (Å²) in [6.07, 6.45) is 3.94. The van der Waals surface area contributed by atoms with Crippen LogP contribution in [0.5, 0.6) is 0 Å². The molecule has 0 amide bonds. The average molecular weight is 114 g/mol. The zero-order valence-corrected chi connectivity index (χ0v) is 5.33. The van der Waals surface area contributed by atoms with E-state index in [2.05, 4.69) is 4.90 Å². The van der Waals surface area contributed by atoms with Crippen LogP contribution in [-0.4, -0.2) is 30.3 Å². The highest BCUT2D eigenvalue weighted by Gasteiger charge is 2.19. The summed E-state index contributed by atoms with van der Waals surface area (Å²) < 4.78 is 0.483. The molecule has 0 bridgehead atoms. The van der Waals surface area contributed by atoms with E-state index >= 15 is 0 Å². The molecule has 0 aliphatic carbocycles. The van der Waals surface area contributed by atoms with Crippen LogP contribution in [0.25, 0.3) is 0 Å². The van der Waals surface area contributed by atoms with E-state index in [4.69, 9.17) is 5.84 Å². The summed E-state index contributed by atoms with van der Waals surface area (Å²) in [5.41, 5.74) is 0. The topological polar surface area (TPSA) is 29.3 Å². The third kappa shape index (κ3) is 0.993. The highest BCUT2D eigenvalue weighted by molar-refractivity contribution is 4.76. The van der Waals surface area contributed by atoms with Crippen molar-refractivity contribution in [1.82, 2.24) is 4.90 Å². The minimum atomic E-state index is 0.483. The molecule has 3 nitrogen and oxygen atoms in total. The summed E-state index contributed by atoms with van der Waals surface area (Å²) in [4.78, 5) is 2.06. The van der Waals surface area contributed by atoms with Gasteiger partial charge in [0.15, 0.2) is 6.67 Å². The van der Waals surface area contributed by atoms with Gasteiger partial charge in [0.05, 0.1) is 13.2 Å². The highest BCUT2D eigenvalue weighted by Crippen LogP contribution is 2.04. The van der Waals surface area contributed by atoms with E-state index in [1.165, 1.54) is 0 Å². The largest absolute Gasteiger partial charge is 0.328 e. The fraction of sp³-hybridized carbons (Fsp3) is 0.600. The Labute approximate surface area is 49.5 Å². The third-order valence-corrected chi connectivity index (χ3v) is 1.19. The summed E-state index contributed by atoms with van der Waals surface area (Å²) >= 11 is 0. The van der Waals surface area contributed by atoms with Gasteiger partial charge in [0.1, 0.15) is 6.20 Å². The van der Waals surface area contributed by atoms with Crippen LogP contribution in [-0.2, 0) is 0 Å². The lowest BCUT2D eigenvalue weighted by atomic mass is 10.8. The van der Waals surface area contributed by atoms with Gasteiger partial charge in [-0.05, 0) is 0 Å². The molecule has 1 aliphatic heterocycles. The van der Waals surface area contributed by atoms with Gasteiger partial charge in [-0.2, -0.15) is 5.84 Å². The number of nitrogens with zero attached hydrogens (tertiary/aromatic N) is 2. The van der Waals surface area contributed by atoms with E-state index in [1.807, 2.05) is 26.5 Å². The Bertz CT molecular complexity index is 117. The standard InChI is InChI=1S/C5H12N3/c1-7-3-4-8(2,6)5-7/h3-4H,5-6H2,1-2H3/q+1. The van der Waals surface area contributed by atoms with Crippen molar-refractivity contribution >= 4 is 0 Å². The van der Waals surface area contributed by atoms with Gasteiger partial charge >= 0.3 is 0 Å². The van der Waals surface area contributed by atoms with Gasteiger partial charge < -0.3 is 4.90 Å². The zero-order valence-electron chi connectivity index (χ0n) is 5.33. The first-order chi connectivity index (χ1) is 3.60. The second-order valence-electron chi connectivity index (χ2n) is 2.54. The first-order valence-corrected chi connectivity index (χ1v) is 2.63. The van der Waals surface area contributed by atoms with Gasteiger partial charge in [-0.25, -0.2) is 4.59 Å². The quantitative estimate of drug-likeness (QED) is 0.345.